The standard InChI is InChI=1S/C10H13F2NO/c1-7(2)8-3-4-13-10(5-8)14-6-9(11)12/h3-5,7,9H,6H2,1-2H3. The summed E-state index contributed by atoms with van der Waals surface area (Å²) in [7, 11) is 0. The summed E-state index contributed by atoms with van der Waals surface area (Å²) >= 11 is 0. The molecule has 1 aromatic heterocycles. The molecule has 0 radical (unpaired) electrons. The molecule has 0 aliphatic carbocycles. The highest BCUT2D eigenvalue weighted by atomic mass is 19.3. The van der Waals surface area contributed by atoms with E-state index in [1.807, 2.05) is 19.9 Å². The molecule has 0 aliphatic heterocycles. The fraction of sp³-hybridized carbons (Fsp3) is 0.500. The highest BCUT2D eigenvalue weighted by molar-refractivity contribution is 5.22. The van der Waals surface area contributed by atoms with Gasteiger partial charge >= 0.3 is 0 Å². The Kier molecular flexibility index (Phi) is 3.80. The van der Waals surface area contributed by atoms with Gasteiger partial charge in [0.25, 0.3) is 6.43 Å². The lowest BCUT2D eigenvalue weighted by molar-refractivity contribution is 0.0795. The van der Waals surface area contributed by atoms with Gasteiger partial charge in [-0.2, -0.15) is 0 Å². The van der Waals surface area contributed by atoms with Crippen molar-refractivity contribution >= 4 is 0 Å². The summed E-state index contributed by atoms with van der Waals surface area (Å²) in [5, 5.41) is 0. The second-order valence-electron chi connectivity index (χ2n) is 3.28. The Bertz CT molecular complexity index is 289. The predicted octanol–water partition coefficient (Wildman–Crippen LogP) is 2.85. The predicted molar refractivity (Wildman–Crippen MR) is 49.8 cm³/mol. The van der Waals surface area contributed by atoms with Gasteiger partial charge in [0.2, 0.25) is 5.88 Å². The number of halogens is 2. The highest BCUT2D eigenvalue weighted by Gasteiger charge is 2.06. The van der Waals surface area contributed by atoms with E-state index in [0.29, 0.717) is 5.92 Å². The van der Waals surface area contributed by atoms with Crippen LogP contribution in [-0.4, -0.2) is 18.0 Å². The van der Waals surface area contributed by atoms with Crippen LogP contribution in [0.25, 0.3) is 0 Å². The van der Waals surface area contributed by atoms with Gasteiger partial charge in [-0.3, -0.25) is 0 Å². The third-order valence-corrected chi connectivity index (χ3v) is 1.78. The number of rotatable bonds is 4. The molecule has 2 nitrogen and oxygen atoms in total. The largest absolute Gasteiger partial charge is 0.472 e. The minimum atomic E-state index is -2.46. The van der Waals surface area contributed by atoms with E-state index in [1.165, 1.54) is 0 Å². The Balaban J connectivity index is 2.64. The molecule has 0 atom stereocenters. The van der Waals surface area contributed by atoms with E-state index in [2.05, 4.69) is 4.98 Å². The molecule has 78 valence electrons. The van der Waals surface area contributed by atoms with E-state index in [4.69, 9.17) is 4.74 Å². The van der Waals surface area contributed by atoms with Crippen LogP contribution in [0.15, 0.2) is 18.3 Å². The monoisotopic (exact) mass is 201 g/mol. The molecule has 0 amide bonds. The maximum atomic E-state index is 11.8. The summed E-state index contributed by atoms with van der Waals surface area (Å²) in [4.78, 5) is 3.84. The topological polar surface area (TPSA) is 22.1 Å². The maximum Gasteiger partial charge on any atom is 0.272 e. The molecule has 0 aliphatic rings. The van der Waals surface area contributed by atoms with Crippen molar-refractivity contribution in [2.24, 2.45) is 0 Å². The Morgan fingerprint density at radius 3 is 2.71 bits per heavy atom. The number of hydrogen-bond acceptors (Lipinski definition) is 2. The summed E-state index contributed by atoms with van der Waals surface area (Å²) in [6, 6.07) is 3.53. The summed E-state index contributed by atoms with van der Waals surface area (Å²) in [6.45, 7) is 3.44. The zero-order valence-electron chi connectivity index (χ0n) is 8.21. The van der Waals surface area contributed by atoms with Gasteiger partial charge < -0.3 is 4.74 Å². The van der Waals surface area contributed by atoms with E-state index in [0.717, 1.165) is 5.56 Å². The van der Waals surface area contributed by atoms with Crippen LogP contribution < -0.4 is 4.74 Å². The molecule has 0 fully saturated rings. The molecule has 0 aromatic carbocycles. The lowest BCUT2D eigenvalue weighted by Crippen LogP contribution is -2.08. The number of aromatic nitrogens is 1. The summed E-state index contributed by atoms with van der Waals surface area (Å²) < 4.78 is 28.5. The first-order valence-electron chi connectivity index (χ1n) is 4.46. The first kappa shape index (κ1) is 10.9. The van der Waals surface area contributed by atoms with Crippen molar-refractivity contribution in [3.8, 4) is 5.88 Å². The molecule has 0 unspecified atom stereocenters. The Morgan fingerprint density at radius 2 is 2.14 bits per heavy atom. The van der Waals surface area contributed by atoms with Crippen molar-refractivity contribution in [3.05, 3.63) is 23.9 Å². The summed E-state index contributed by atoms with van der Waals surface area (Å²) in [5.41, 5.74) is 1.03. The van der Waals surface area contributed by atoms with Crippen molar-refractivity contribution in [1.82, 2.24) is 4.98 Å². The Hall–Kier alpha value is -1.19. The van der Waals surface area contributed by atoms with Gasteiger partial charge in [-0.25, -0.2) is 13.8 Å². The molecule has 0 spiro atoms. The second-order valence-corrected chi connectivity index (χ2v) is 3.28. The van der Waals surface area contributed by atoms with E-state index < -0.39 is 13.0 Å². The summed E-state index contributed by atoms with van der Waals surface area (Å²) in [6.07, 6.45) is -0.893. The molecule has 0 N–H and O–H groups in total. The number of ether oxygens (including phenoxy) is 1. The van der Waals surface area contributed by atoms with E-state index in [-0.39, 0.29) is 5.88 Å². The number of hydrogen-bond donors (Lipinski definition) is 0. The van der Waals surface area contributed by atoms with E-state index in [1.54, 1.807) is 12.3 Å². The van der Waals surface area contributed by atoms with Gasteiger partial charge in [-0.15, -0.1) is 0 Å². The van der Waals surface area contributed by atoms with Gasteiger partial charge in [-0.1, -0.05) is 13.8 Å². The van der Waals surface area contributed by atoms with Crippen LogP contribution in [0, 0.1) is 0 Å². The quantitative estimate of drug-likeness (QED) is 0.747. The van der Waals surface area contributed by atoms with Crippen LogP contribution >= 0.6 is 0 Å². The van der Waals surface area contributed by atoms with Crippen molar-refractivity contribution in [2.75, 3.05) is 6.61 Å². The van der Waals surface area contributed by atoms with Crippen molar-refractivity contribution in [1.29, 1.82) is 0 Å². The molecule has 0 bridgehead atoms. The molecule has 1 aromatic rings. The van der Waals surface area contributed by atoms with Gasteiger partial charge in [0.05, 0.1) is 0 Å². The molecule has 1 rings (SSSR count). The lowest BCUT2D eigenvalue weighted by Gasteiger charge is -2.08. The molecule has 0 saturated heterocycles. The third-order valence-electron chi connectivity index (χ3n) is 1.78. The van der Waals surface area contributed by atoms with Crippen LogP contribution in [0.2, 0.25) is 0 Å². The van der Waals surface area contributed by atoms with Crippen LogP contribution in [0.5, 0.6) is 5.88 Å². The molecule has 0 saturated carbocycles. The second kappa shape index (κ2) is 4.88. The normalized spacial score (nSPS) is 11.0. The Labute approximate surface area is 81.9 Å². The number of pyridine rings is 1. The maximum absolute atomic E-state index is 11.8. The van der Waals surface area contributed by atoms with Crippen LogP contribution in [0.4, 0.5) is 8.78 Å². The van der Waals surface area contributed by atoms with Crippen LogP contribution in [0.1, 0.15) is 25.3 Å². The van der Waals surface area contributed by atoms with Crippen molar-refractivity contribution < 1.29 is 13.5 Å². The molecule has 1 heterocycles. The highest BCUT2D eigenvalue weighted by Crippen LogP contribution is 2.17. The summed E-state index contributed by atoms with van der Waals surface area (Å²) in [5.74, 6) is 0.600. The van der Waals surface area contributed by atoms with E-state index >= 15 is 0 Å². The molecular formula is C10H13F2NO. The molecule has 4 heteroatoms. The molecular weight excluding hydrogens is 188 g/mol. The number of nitrogens with zero attached hydrogens (tertiary/aromatic N) is 1. The third kappa shape index (κ3) is 3.28. The fourth-order valence-corrected chi connectivity index (χ4v) is 1.01. The average molecular weight is 201 g/mol. The fourth-order valence-electron chi connectivity index (χ4n) is 1.01. The lowest BCUT2D eigenvalue weighted by atomic mass is 10.1. The Morgan fingerprint density at radius 1 is 1.43 bits per heavy atom. The first-order valence-corrected chi connectivity index (χ1v) is 4.46. The van der Waals surface area contributed by atoms with Crippen molar-refractivity contribution in [2.45, 2.75) is 26.2 Å². The zero-order valence-corrected chi connectivity index (χ0v) is 8.21. The van der Waals surface area contributed by atoms with E-state index in [9.17, 15) is 8.78 Å². The minimum absolute atomic E-state index is 0.261. The average Bonchev–Trinajstić information content (AvgIpc) is 2.15. The van der Waals surface area contributed by atoms with Crippen LogP contribution in [-0.2, 0) is 0 Å². The van der Waals surface area contributed by atoms with Gasteiger partial charge in [-0.05, 0) is 17.5 Å². The SMILES string of the molecule is CC(C)c1ccnc(OCC(F)F)c1. The molecule has 14 heavy (non-hydrogen) atoms. The minimum Gasteiger partial charge on any atom is -0.472 e. The smallest absolute Gasteiger partial charge is 0.272 e. The van der Waals surface area contributed by atoms with Gasteiger partial charge in [0, 0.05) is 12.3 Å². The van der Waals surface area contributed by atoms with Crippen molar-refractivity contribution in [3.63, 3.8) is 0 Å². The first-order chi connectivity index (χ1) is 6.59. The van der Waals surface area contributed by atoms with Gasteiger partial charge in [0.1, 0.15) is 0 Å². The van der Waals surface area contributed by atoms with Crippen LogP contribution in [0.3, 0.4) is 0 Å². The van der Waals surface area contributed by atoms with Gasteiger partial charge in [0.15, 0.2) is 6.61 Å². The number of alkyl halides is 2. The zero-order chi connectivity index (χ0) is 10.6.